The molecule has 7 nitrogen and oxygen atoms in total. The average molecular weight is 256 g/mol. The second kappa shape index (κ2) is 6.90. The van der Waals surface area contributed by atoms with E-state index >= 15 is 0 Å². The molecule has 0 unspecified atom stereocenters. The van der Waals surface area contributed by atoms with E-state index in [9.17, 15) is 10.1 Å². The van der Waals surface area contributed by atoms with Crippen LogP contribution in [0.15, 0.2) is 18.2 Å². The van der Waals surface area contributed by atoms with Gasteiger partial charge in [-0.1, -0.05) is 6.07 Å². The highest BCUT2D eigenvalue weighted by Crippen LogP contribution is 2.27. The molecule has 7 heteroatoms. The van der Waals surface area contributed by atoms with E-state index < -0.39 is 11.0 Å². The van der Waals surface area contributed by atoms with Crippen LogP contribution in [0.2, 0.25) is 0 Å². The SMILES string of the molecule is COc1ccc(CNC(CO)CO)cc1[N+](=O)[O-]. The minimum Gasteiger partial charge on any atom is -0.490 e. The lowest BCUT2D eigenvalue weighted by molar-refractivity contribution is -0.385. The number of aliphatic hydroxyl groups excluding tert-OH is 2. The van der Waals surface area contributed by atoms with Crippen molar-refractivity contribution in [1.82, 2.24) is 5.32 Å². The number of aliphatic hydroxyl groups is 2. The van der Waals surface area contributed by atoms with Crippen molar-refractivity contribution in [2.75, 3.05) is 20.3 Å². The van der Waals surface area contributed by atoms with Crippen LogP contribution in [0.25, 0.3) is 0 Å². The summed E-state index contributed by atoms with van der Waals surface area (Å²) < 4.78 is 4.89. The molecule has 3 N–H and O–H groups in total. The zero-order chi connectivity index (χ0) is 13.5. The number of nitro groups is 1. The van der Waals surface area contributed by atoms with Crippen LogP contribution in [-0.2, 0) is 6.54 Å². The molecule has 0 radical (unpaired) electrons. The summed E-state index contributed by atoms with van der Waals surface area (Å²) in [5, 5.41) is 31.4. The first-order valence-electron chi connectivity index (χ1n) is 5.38. The quantitative estimate of drug-likeness (QED) is 0.470. The molecule has 0 bridgehead atoms. The van der Waals surface area contributed by atoms with Crippen molar-refractivity contribution in [2.45, 2.75) is 12.6 Å². The monoisotopic (exact) mass is 256 g/mol. The van der Waals surface area contributed by atoms with Crippen molar-refractivity contribution in [2.24, 2.45) is 0 Å². The second-order valence-electron chi connectivity index (χ2n) is 3.71. The molecule has 0 amide bonds. The Morgan fingerprint density at radius 3 is 2.61 bits per heavy atom. The predicted molar refractivity (Wildman–Crippen MR) is 64.4 cm³/mol. The molecular formula is C11H16N2O5. The van der Waals surface area contributed by atoms with Gasteiger partial charge in [0.2, 0.25) is 0 Å². The molecule has 1 rings (SSSR count). The van der Waals surface area contributed by atoms with Crippen molar-refractivity contribution >= 4 is 5.69 Å². The molecule has 0 saturated carbocycles. The topological polar surface area (TPSA) is 105 Å². The highest BCUT2D eigenvalue weighted by Gasteiger charge is 2.15. The van der Waals surface area contributed by atoms with Crippen LogP contribution in [0.5, 0.6) is 5.75 Å². The van der Waals surface area contributed by atoms with Crippen molar-refractivity contribution in [3.05, 3.63) is 33.9 Å². The molecule has 0 aliphatic rings. The number of methoxy groups -OCH3 is 1. The zero-order valence-electron chi connectivity index (χ0n) is 10.00. The van der Waals surface area contributed by atoms with E-state index in [1.165, 1.54) is 19.2 Å². The maximum absolute atomic E-state index is 10.8. The summed E-state index contributed by atoms with van der Waals surface area (Å²) in [5.74, 6) is 0.199. The zero-order valence-corrected chi connectivity index (χ0v) is 10.00. The third kappa shape index (κ3) is 3.66. The number of benzene rings is 1. The molecule has 100 valence electrons. The van der Waals surface area contributed by atoms with Crippen molar-refractivity contribution in [3.63, 3.8) is 0 Å². The van der Waals surface area contributed by atoms with Gasteiger partial charge in [-0.3, -0.25) is 10.1 Å². The summed E-state index contributed by atoms with van der Waals surface area (Å²) in [5.41, 5.74) is 0.566. The number of nitrogens with zero attached hydrogens (tertiary/aromatic N) is 1. The van der Waals surface area contributed by atoms with Gasteiger partial charge in [0, 0.05) is 12.6 Å². The fourth-order valence-corrected chi connectivity index (χ4v) is 1.44. The Labute approximate surface area is 104 Å². The maximum atomic E-state index is 10.8. The molecule has 1 aromatic carbocycles. The minimum atomic E-state index is -0.516. The van der Waals surface area contributed by atoms with E-state index in [1.807, 2.05) is 0 Å². The van der Waals surface area contributed by atoms with Crippen molar-refractivity contribution in [1.29, 1.82) is 0 Å². The molecular weight excluding hydrogens is 240 g/mol. The van der Waals surface area contributed by atoms with Gasteiger partial charge in [0.15, 0.2) is 5.75 Å². The molecule has 0 heterocycles. The first-order valence-corrected chi connectivity index (χ1v) is 5.38. The summed E-state index contributed by atoms with van der Waals surface area (Å²) >= 11 is 0. The van der Waals surface area contributed by atoms with Crippen molar-refractivity contribution < 1.29 is 19.9 Å². The van der Waals surface area contributed by atoms with Gasteiger partial charge in [0.1, 0.15) is 0 Å². The Morgan fingerprint density at radius 1 is 1.44 bits per heavy atom. The number of hydrogen-bond acceptors (Lipinski definition) is 6. The van der Waals surface area contributed by atoms with Gasteiger partial charge in [-0.15, -0.1) is 0 Å². The van der Waals surface area contributed by atoms with Gasteiger partial charge in [0.05, 0.1) is 31.3 Å². The number of hydrogen-bond donors (Lipinski definition) is 3. The predicted octanol–water partition coefficient (Wildman–Crippen LogP) is 0.0462. The van der Waals surface area contributed by atoms with Crippen LogP contribution in [-0.4, -0.2) is 41.5 Å². The second-order valence-corrected chi connectivity index (χ2v) is 3.71. The summed E-state index contributed by atoms with van der Waals surface area (Å²) in [6, 6.07) is 4.16. The fourth-order valence-electron chi connectivity index (χ4n) is 1.44. The third-order valence-electron chi connectivity index (χ3n) is 2.48. The Kier molecular flexibility index (Phi) is 5.50. The van der Waals surface area contributed by atoms with E-state index in [0.717, 1.165) is 0 Å². The smallest absolute Gasteiger partial charge is 0.311 e. The number of ether oxygens (including phenoxy) is 1. The number of nitro benzene ring substituents is 1. The standard InChI is InChI=1S/C11H16N2O5/c1-18-11-3-2-8(4-10(11)13(16)17)5-12-9(6-14)7-15/h2-4,9,12,14-15H,5-7H2,1H3. The van der Waals surface area contributed by atoms with E-state index in [4.69, 9.17) is 14.9 Å². The van der Waals surface area contributed by atoms with Gasteiger partial charge in [-0.25, -0.2) is 0 Å². The summed E-state index contributed by atoms with van der Waals surface area (Å²) in [6.07, 6.45) is 0. The Bertz CT molecular complexity index is 406. The Morgan fingerprint density at radius 2 is 2.11 bits per heavy atom. The van der Waals surface area contributed by atoms with E-state index in [2.05, 4.69) is 5.32 Å². The largest absolute Gasteiger partial charge is 0.490 e. The van der Waals surface area contributed by atoms with Crippen LogP contribution in [0.1, 0.15) is 5.56 Å². The van der Waals surface area contributed by atoms with Crippen LogP contribution >= 0.6 is 0 Å². The lowest BCUT2D eigenvalue weighted by Crippen LogP contribution is -2.35. The van der Waals surface area contributed by atoms with E-state index in [1.54, 1.807) is 6.07 Å². The van der Waals surface area contributed by atoms with E-state index in [-0.39, 0.29) is 24.7 Å². The van der Waals surface area contributed by atoms with E-state index in [0.29, 0.717) is 12.1 Å². The third-order valence-corrected chi connectivity index (χ3v) is 2.48. The van der Waals surface area contributed by atoms with Crippen LogP contribution < -0.4 is 10.1 Å². The molecule has 0 atom stereocenters. The highest BCUT2D eigenvalue weighted by atomic mass is 16.6. The lowest BCUT2D eigenvalue weighted by Gasteiger charge is -2.13. The summed E-state index contributed by atoms with van der Waals surface area (Å²) in [4.78, 5) is 10.3. The van der Waals surface area contributed by atoms with Crippen LogP contribution in [0.4, 0.5) is 5.69 Å². The summed E-state index contributed by atoms with van der Waals surface area (Å²) in [6.45, 7) is -0.0832. The fraction of sp³-hybridized carbons (Fsp3) is 0.455. The first-order chi connectivity index (χ1) is 8.62. The van der Waals surface area contributed by atoms with Gasteiger partial charge in [-0.05, 0) is 11.6 Å². The molecule has 0 aliphatic carbocycles. The van der Waals surface area contributed by atoms with Crippen molar-refractivity contribution in [3.8, 4) is 5.75 Å². The molecule has 0 fully saturated rings. The molecule has 18 heavy (non-hydrogen) atoms. The first kappa shape index (κ1) is 14.4. The van der Waals surface area contributed by atoms with Gasteiger partial charge in [-0.2, -0.15) is 0 Å². The average Bonchev–Trinajstić information content (AvgIpc) is 2.39. The normalized spacial score (nSPS) is 10.7. The lowest BCUT2D eigenvalue weighted by atomic mass is 10.1. The van der Waals surface area contributed by atoms with Crippen LogP contribution in [0.3, 0.4) is 0 Å². The van der Waals surface area contributed by atoms with Gasteiger partial charge < -0.3 is 20.3 Å². The molecule has 0 saturated heterocycles. The highest BCUT2D eigenvalue weighted by molar-refractivity contribution is 5.48. The molecule has 0 aliphatic heterocycles. The molecule has 1 aromatic rings. The Balaban J connectivity index is 2.79. The van der Waals surface area contributed by atoms with Gasteiger partial charge >= 0.3 is 5.69 Å². The maximum Gasteiger partial charge on any atom is 0.311 e. The van der Waals surface area contributed by atoms with Gasteiger partial charge in [0.25, 0.3) is 0 Å². The Hall–Kier alpha value is -1.70. The van der Waals surface area contributed by atoms with Crippen LogP contribution in [0, 0.1) is 10.1 Å². The number of rotatable bonds is 7. The number of nitrogens with one attached hydrogen (secondary N) is 1. The molecule has 0 aromatic heterocycles. The summed E-state index contributed by atoms with van der Waals surface area (Å²) in [7, 11) is 1.37. The molecule has 0 spiro atoms. The minimum absolute atomic E-state index is 0.110.